The lowest BCUT2D eigenvalue weighted by molar-refractivity contribution is -0.121. The van der Waals surface area contributed by atoms with Gasteiger partial charge in [-0.15, -0.1) is 0 Å². The number of benzene rings is 1. The Morgan fingerprint density at radius 3 is 2.37 bits per heavy atom. The summed E-state index contributed by atoms with van der Waals surface area (Å²) in [6.45, 7) is 7.20. The average molecular weight is 369 g/mol. The molecule has 1 aromatic carbocycles. The fourth-order valence-corrected chi connectivity index (χ4v) is 3.02. The molecule has 2 rings (SSSR count). The molecule has 1 heterocycles. The summed E-state index contributed by atoms with van der Waals surface area (Å²) in [7, 11) is 1.67. The number of carbonyl (C=O) groups excluding carboxylic acids is 2. The van der Waals surface area contributed by atoms with Crippen LogP contribution in [0.25, 0.3) is 11.3 Å². The molecule has 0 unspecified atom stereocenters. The molecule has 1 atom stereocenters. The molecule has 0 aliphatic heterocycles. The maximum Gasteiger partial charge on any atom is 0.249 e. The molecule has 0 aliphatic carbocycles. The predicted molar refractivity (Wildman–Crippen MR) is 107 cm³/mol. The first-order chi connectivity index (χ1) is 12.7. The number of hydrogen-bond donors (Lipinski definition) is 2. The number of hydrogen-bond acceptors (Lipinski definition) is 4. The highest BCUT2D eigenvalue weighted by Gasteiger charge is 2.25. The van der Waals surface area contributed by atoms with Crippen LogP contribution in [0.1, 0.15) is 48.2 Å². The van der Waals surface area contributed by atoms with Crippen molar-refractivity contribution in [3.05, 3.63) is 47.2 Å². The highest BCUT2D eigenvalue weighted by molar-refractivity contribution is 6.01. The molecule has 1 aromatic heterocycles. The van der Waals surface area contributed by atoms with Gasteiger partial charge >= 0.3 is 0 Å². The fraction of sp³-hybridized carbons (Fsp3) is 0.381. The molecule has 0 saturated heterocycles. The van der Waals surface area contributed by atoms with Gasteiger partial charge in [-0.1, -0.05) is 26.8 Å². The number of aryl methyl sites for hydroxylation is 1. The second kappa shape index (κ2) is 8.31. The first kappa shape index (κ1) is 20.6. The van der Waals surface area contributed by atoms with Gasteiger partial charge in [-0.05, 0) is 36.2 Å². The Labute approximate surface area is 160 Å². The summed E-state index contributed by atoms with van der Waals surface area (Å²) in [4.78, 5) is 30.7. The van der Waals surface area contributed by atoms with E-state index in [2.05, 4.69) is 4.98 Å². The smallest absolute Gasteiger partial charge is 0.249 e. The molecule has 0 saturated carbocycles. The van der Waals surface area contributed by atoms with Crippen molar-refractivity contribution in [2.45, 2.75) is 33.6 Å². The van der Waals surface area contributed by atoms with Crippen LogP contribution in [0.15, 0.2) is 30.5 Å². The standard InChI is InChI=1S/C21H27N3O3/c1-12(2)21(27)24(5)18-9-15(17-7-6-13(3)10-23-17)8-16(20(22)26)19(18)14(4)11-25/h6-10,12,14,25H,11H2,1-5H3,(H2,22,26)/t14-/m1/s1. The van der Waals surface area contributed by atoms with E-state index in [1.54, 1.807) is 26.2 Å². The third-order valence-corrected chi connectivity index (χ3v) is 4.58. The Morgan fingerprint density at radius 2 is 1.89 bits per heavy atom. The van der Waals surface area contributed by atoms with Gasteiger partial charge in [0.2, 0.25) is 11.8 Å². The van der Waals surface area contributed by atoms with E-state index >= 15 is 0 Å². The van der Waals surface area contributed by atoms with Crippen molar-refractivity contribution < 1.29 is 14.7 Å². The molecule has 0 spiro atoms. The minimum absolute atomic E-state index is 0.0918. The summed E-state index contributed by atoms with van der Waals surface area (Å²) < 4.78 is 0. The predicted octanol–water partition coefficient (Wildman–Crippen LogP) is 2.87. The molecule has 144 valence electrons. The van der Waals surface area contributed by atoms with E-state index < -0.39 is 5.91 Å². The van der Waals surface area contributed by atoms with Gasteiger partial charge in [0, 0.05) is 48.5 Å². The van der Waals surface area contributed by atoms with E-state index in [0.29, 0.717) is 22.5 Å². The Bertz CT molecular complexity index is 844. The maximum atomic E-state index is 12.6. The number of nitrogens with two attached hydrogens (primary N) is 1. The van der Waals surface area contributed by atoms with E-state index in [0.717, 1.165) is 5.56 Å². The van der Waals surface area contributed by atoms with Crippen molar-refractivity contribution in [3.8, 4) is 11.3 Å². The third-order valence-electron chi connectivity index (χ3n) is 4.58. The minimum atomic E-state index is -0.606. The topological polar surface area (TPSA) is 96.5 Å². The first-order valence-corrected chi connectivity index (χ1v) is 8.96. The highest BCUT2D eigenvalue weighted by Crippen LogP contribution is 2.35. The van der Waals surface area contributed by atoms with Gasteiger partial charge in [0.05, 0.1) is 5.69 Å². The van der Waals surface area contributed by atoms with E-state index in [4.69, 9.17) is 5.73 Å². The molecular formula is C21H27N3O3. The molecule has 0 radical (unpaired) electrons. The van der Waals surface area contributed by atoms with Gasteiger partial charge in [0.1, 0.15) is 0 Å². The molecule has 3 N–H and O–H groups in total. The summed E-state index contributed by atoms with van der Waals surface area (Å²) in [6, 6.07) is 7.29. The summed E-state index contributed by atoms with van der Waals surface area (Å²) in [5, 5.41) is 9.70. The van der Waals surface area contributed by atoms with Gasteiger partial charge in [0.25, 0.3) is 0 Å². The van der Waals surface area contributed by atoms with Gasteiger partial charge in [0.15, 0.2) is 0 Å². The minimum Gasteiger partial charge on any atom is -0.396 e. The van der Waals surface area contributed by atoms with Crippen LogP contribution in [0.5, 0.6) is 0 Å². The highest BCUT2D eigenvalue weighted by atomic mass is 16.3. The largest absolute Gasteiger partial charge is 0.396 e. The molecule has 27 heavy (non-hydrogen) atoms. The van der Waals surface area contributed by atoms with Crippen LogP contribution in [0, 0.1) is 12.8 Å². The van der Waals surface area contributed by atoms with Crippen molar-refractivity contribution in [2.24, 2.45) is 11.7 Å². The summed E-state index contributed by atoms with van der Waals surface area (Å²) in [6.07, 6.45) is 1.74. The lowest BCUT2D eigenvalue weighted by atomic mass is 9.90. The van der Waals surface area contributed by atoms with Gasteiger partial charge < -0.3 is 15.7 Å². The number of anilines is 1. The number of pyridine rings is 1. The zero-order valence-corrected chi connectivity index (χ0v) is 16.5. The fourth-order valence-electron chi connectivity index (χ4n) is 3.02. The zero-order chi connectivity index (χ0) is 20.3. The summed E-state index contributed by atoms with van der Waals surface area (Å²) in [5.74, 6) is -1.27. The van der Waals surface area contributed by atoms with E-state index in [1.807, 2.05) is 39.0 Å². The lowest BCUT2D eigenvalue weighted by Crippen LogP contribution is -2.32. The molecule has 6 nitrogen and oxygen atoms in total. The second-order valence-electron chi connectivity index (χ2n) is 7.18. The number of aliphatic hydroxyl groups excluding tert-OH is 1. The Balaban J connectivity index is 2.77. The first-order valence-electron chi connectivity index (χ1n) is 8.96. The number of rotatable bonds is 6. The van der Waals surface area contributed by atoms with E-state index in [9.17, 15) is 14.7 Å². The van der Waals surface area contributed by atoms with Crippen LogP contribution in [-0.2, 0) is 4.79 Å². The van der Waals surface area contributed by atoms with Crippen molar-refractivity contribution in [1.82, 2.24) is 4.98 Å². The number of aliphatic hydroxyl groups is 1. The molecule has 2 amide bonds. The summed E-state index contributed by atoms with van der Waals surface area (Å²) >= 11 is 0. The third kappa shape index (κ3) is 4.34. The van der Waals surface area contributed by atoms with Crippen LogP contribution in [0.4, 0.5) is 5.69 Å². The molecule has 0 fully saturated rings. The van der Waals surface area contributed by atoms with Crippen molar-refractivity contribution >= 4 is 17.5 Å². The molecule has 2 aromatic rings. The van der Waals surface area contributed by atoms with Crippen LogP contribution >= 0.6 is 0 Å². The second-order valence-corrected chi connectivity index (χ2v) is 7.18. The van der Waals surface area contributed by atoms with E-state index in [-0.39, 0.29) is 29.9 Å². The Morgan fingerprint density at radius 1 is 1.22 bits per heavy atom. The number of nitrogens with zero attached hydrogens (tertiary/aromatic N) is 2. The maximum absolute atomic E-state index is 12.6. The van der Waals surface area contributed by atoms with Crippen LogP contribution in [0.2, 0.25) is 0 Å². The number of aromatic nitrogens is 1. The zero-order valence-electron chi connectivity index (χ0n) is 16.5. The van der Waals surface area contributed by atoms with Gasteiger partial charge in [-0.25, -0.2) is 0 Å². The van der Waals surface area contributed by atoms with Crippen molar-refractivity contribution in [1.29, 1.82) is 0 Å². The quantitative estimate of drug-likeness (QED) is 0.818. The Kier molecular flexibility index (Phi) is 6.33. The normalized spacial score (nSPS) is 12.1. The summed E-state index contributed by atoms with van der Waals surface area (Å²) in [5.41, 5.74) is 9.44. The SMILES string of the molecule is Cc1ccc(-c2cc(C(N)=O)c([C@H](C)CO)c(N(C)C(=O)C(C)C)c2)nc1. The van der Waals surface area contributed by atoms with Crippen LogP contribution in [0.3, 0.4) is 0 Å². The monoisotopic (exact) mass is 369 g/mol. The van der Waals surface area contributed by atoms with Gasteiger partial charge in [-0.3, -0.25) is 14.6 Å². The van der Waals surface area contributed by atoms with Crippen molar-refractivity contribution in [2.75, 3.05) is 18.6 Å². The number of amides is 2. The van der Waals surface area contributed by atoms with Gasteiger partial charge in [-0.2, -0.15) is 0 Å². The lowest BCUT2D eigenvalue weighted by Gasteiger charge is -2.27. The number of carbonyl (C=O) groups is 2. The molecule has 0 bridgehead atoms. The van der Waals surface area contributed by atoms with Crippen LogP contribution < -0.4 is 10.6 Å². The van der Waals surface area contributed by atoms with Crippen molar-refractivity contribution in [3.63, 3.8) is 0 Å². The average Bonchev–Trinajstić information content (AvgIpc) is 2.65. The molecular weight excluding hydrogens is 342 g/mol. The molecule has 6 heteroatoms. The van der Waals surface area contributed by atoms with E-state index in [1.165, 1.54) is 4.90 Å². The number of primary amides is 1. The van der Waals surface area contributed by atoms with Crippen LogP contribution in [-0.4, -0.2) is 35.6 Å². The Hall–Kier alpha value is -2.73. The molecule has 0 aliphatic rings.